The fourth-order valence-corrected chi connectivity index (χ4v) is 4.32. The average molecular weight is 366 g/mol. The summed E-state index contributed by atoms with van der Waals surface area (Å²) in [6, 6.07) is 13.7. The van der Waals surface area contributed by atoms with Crippen LogP contribution in [0.3, 0.4) is 0 Å². The van der Waals surface area contributed by atoms with Crippen molar-refractivity contribution in [1.29, 1.82) is 0 Å². The highest BCUT2D eigenvalue weighted by molar-refractivity contribution is 6.21. The highest BCUT2D eigenvalue weighted by atomic mass is 19.1. The van der Waals surface area contributed by atoms with Crippen molar-refractivity contribution in [3.05, 3.63) is 71.0 Å². The molecular formula is C22H23FN2O2. The third kappa shape index (κ3) is 3.28. The van der Waals surface area contributed by atoms with E-state index in [9.17, 15) is 14.0 Å². The van der Waals surface area contributed by atoms with Gasteiger partial charge in [-0.2, -0.15) is 0 Å². The van der Waals surface area contributed by atoms with Crippen LogP contribution in [0.2, 0.25) is 0 Å². The van der Waals surface area contributed by atoms with Crippen molar-refractivity contribution < 1.29 is 14.0 Å². The Morgan fingerprint density at radius 3 is 2.11 bits per heavy atom. The van der Waals surface area contributed by atoms with E-state index in [1.807, 2.05) is 12.1 Å². The summed E-state index contributed by atoms with van der Waals surface area (Å²) < 4.78 is 13.3. The third-order valence-corrected chi connectivity index (χ3v) is 5.75. The van der Waals surface area contributed by atoms with Gasteiger partial charge in [0, 0.05) is 12.1 Å². The molecule has 1 saturated carbocycles. The van der Waals surface area contributed by atoms with E-state index in [-0.39, 0.29) is 23.2 Å². The minimum absolute atomic E-state index is 0.129. The topological polar surface area (TPSA) is 49.4 Å². The van der Waals surface area contributed by atoms with E-state index < -0.39 is 0 Å². The first-order valence-corrected chi connectivity index (χ1v) is 9.57. The lowest BCUT2D eigenvalue weighted by Gasteiger charge is -2.31. The van der Waals surface area contributed by atoms with Crippen molar-refractivity contribution in [2.45, 2.75) is 37.6 Å². The lowest BCUT2D eigenvalue weighted by molar-refractivity contribution is 0.0651. The Hall–Kier alpha value is -2.53. The fraction of sp³-hybridized carbons (Fsp3) is 0.364. The second-order valence-corrected chi connectivity index (χ2v) is 7.38. The Morgan fingerprint density at radius 2 is 1.52 bits per heavy atom. The van der Waals surface area contributed by atoms with Gasteiger partial charge >= 0.3 is 0 Å². The largest absolute Gasteiger partial charge is 0.307 e. The molecule has 1 fully saturated rings. The molecule has 2 aromatic carbocycles. The second kappa shape index (κ2) is 7.24. The van der Waals surface area contributed by atoms with Crippen LogP contribution < -0.4 is 5.32 Å². The summed E-state index contributed by atoms with van der Waals surface area (Å²) >= 11 is 0. The molecule has 5 heteroatoms. The molecule has 0 aromatic heterocycles. The molecule has 0 bridgehead atoms. The van der Waals surface area contributed by atoms with Crippen LogP contribution >= 0.6 is 0 Å². The number of fused-ring (bicyclic) bond motifs is 1. The number of nitrogens with one attached hydrogen (secondary N) is 1. The van der Waals surface area contributed by atoms with Gasteiger partial charge in [-0.15, -0.1) is 0 Å². The Balaban J connectivity index is 1.37. The molecule has 1 aliphatic heterocycles. The van der Waals surface area contributed by atoms with Gasteiger partial charge in [-0.05, 0) is 55.6 Å². The third-order valence-electron chi connectivity index (χ3n) is 5.75. The zero-order valence-electron chi connectivity index (χ0n) is 15.2. The van der Waals surface area contributed by atoms with Gasteiger partial charge in [0.2, 0.25) is 0 Å². The first kappa shape index (κ1) is 17.9. The maximum absolute atomic E-state index is 13.3. The van der Waals surface area contributed by atoms with Gasteiger partial charge in [0.05, 0.1) is 11.1 Å². The van der Waals surface area contributed by atoms with Crippen LogP contribution in [0.15, 0.2) is 48.5 Å². The molecule has 0 radical (unpaired) electrons. The SMILES string of the molecule is O=C1c2ccccc2C(=O)N1CCCNC1(c2ccc(F)cc2)CCCC1. The van der Waals surface area contributed by atoms with Crippen LogP contribution in [-0.2, 0) is 5.54 Å². The van der Waals surface area contributed by atoms with E-state index >= 15 is 0 Å². The molecule has 2 aromatic rings. The van der Waals surface area contributed by atoms with E-state index in [0.717, 1.165) is 31.2 Å². The summed E-state index contributed by atoms with van der Waals surface area (Å²) in [6.07, 6.45) is 5.01. The summed E-state index contributed by atoms with van der Waals surface area (Å²) in [6.45, 7) is 1.10. The molecule has 1 heterocycles. The van der Waals surface area contributed by atoms with Crippen molar-refractivity contribution in [3.8, 4) is 0 Å². The standard InChI is InChI=1S/C22H23FN2O2/c23-17-10-8-16(9-11-17)22(12-3-4-13-22)24-14-5-15-25-20(26)18-6-1-2-7-19(18)21(25)27/h1-2,6-11,24H,3-5,12-15H2. The van der Waals surface area contributed by atoms with Gasteiger partial charge in [-0.1, -0.05) is 37.1 Å². The number of imide groups is 1. The molecule has 1 N–H and O–H groups in total. The van der Waals surface area contributed by atoms with Gasteiger partial charge in [0.1, 0.15) is 5.82 Å². The molecular weight excluding hydrogens is 343 g/mol. The zero-order chi connectivity index (χ0) is 18.9. The number of hydrogen-bond donors (Lipinski definition) is 1. The zero-order valence-corrected chi connectivity index (χ0v) is 15.2. The number of carbonyl (C=O) groups is 2. The van der Waals surface area contributed by atoms with Gasteiger partial charge in [-0.3, -0.25) is 14.5 Å². The Labute approximate surface area is 158 Å². The summed E-state index contributed by atoms with van der Waals surface area (Å²) in [4.78, 5) is 26.2. The highest BCUT2D eigenvalue weighted by Gasteiger charge is 2.36. The number of carbonyl (C=O) groups excluding carboxylic acids is 2. The predicted octanol–water partition coefficient (Wildman–Crippen LogP) is 3.87. The quantitative estimate of drug-likeness (QED) is 0.624. The van der Waals surface area contributed by atoms with Crippen LogP contribution in [0.1, 0.15) is 58.4 Å². The Morgan fingerprint density at radius 1 is 0.926 bits per heavy atom. The lowest BCUT2D eigenvalue weighted by atomic mass is 9.88. The smallest absolute Gasteiger partial charge is 0.261 e. The van der Waals surface area contributed by atoms with Crippen LogP contribution in [0.25, 0.3) is 0 Å². The van der Waals surface area contributed by atoms with Crippen LogP contribution in [0.5, 0.6) is 0 Å². The predicted molar refractivity (Wildman–Crippen MR) is 101 cm³/mol. The van der Waals surface area contributed by atoms with Gasteiger partial charge in [-0.25, -0.2) is 4.39 Å². The van der Waals surface area contributed by atoms with E-state index in [1.165, 1.54) is 17.0 Å². The highest BCUT2D eigenvalue weighted by Crippen LogP contribution is 2.38. The van der Waals surface area contributed by atoms with Crippen LogP contribution in [-0.4, -0.2) is 29.8 Å². The summed E-state index contributed by atoms with van der Waals surface area (Å²) in [5.74, 6) is -0.632. The maximum Gasteiger partial charge on any atom is 0.261 e. The molecule has 0 saturated heterocycles. The fourth-order valence-electron chi connectivity index (χ4n) is 4.32. The molecule has 140 valence electrons. The van der Waals surface area contributed by atoms with E-state index in [1.54, 1.807) is 24.3 Å². The number of rotatable bonds is 6. The minimum atomic E-state index is -0.225. The van der Waals surface area contributed by atoms with Gasteiger partial charge < -0.3 is 5.32 Å². The molecule has 2 aliphatic rings. The number of amides is 2. The van der Waals surface area contributed by atoms with Crippen LogP contribution in [0, 0.1) is 5.82 Å². The van der Waals surface area contributed by atoms with Crippen LogP contribution in [0.4, 0.5) is 4.39 Å². The Kier molecular flexibility index (Phi) is 4.79. The summed E-state index contributed by atoms with van der Waals surface area (Å²) in [5.41, 5.74) is 1.97. The number of hydrogen-bond acceptors (Lipinski definition) is 3. The monoisotopic (exact) mass is 366 g/mol. The summed E-state index contributed by atoms with van der Waals surface area (Å²) in [7, 11) is 0. The van der Waals surface area contributed by atoms with Crippen molar-refractivity contribution in [2.24, 2.45) is 0 Å². The number of nitrogens with zero attached hydrogens (tertiary/aromatic N) is 1. The molecule has 2 amide bonds. The number of halogens is 1. The van der Waals surface area contributed by atoms with E-state index in [2.05, 4.69) is 5.32 Å². The van der Waals surface area contributed by atoms with Crippen molar-refractivity contribution in [2.75, 3.05) is 13.1 Å². The maximum atomic E-state index is 13.3. The molecule has 0 unspecified atom stereocenters. The van der Waals surface area contributed by atoms with E-state index in [4.69, 9.17) is 0 Å². The van der Waals surface area contributed by atoms with Crippen molar-refractivity contribution in [3.63, 3.8) is 0 Å². The van der Waals surface area contributed by atoms with Crippen molar-refractivity contribution in [1.82, 2.24) is 10.2 Å². The minimum Gasteiger partial charge on any atom is -0.307 e. The normalized spacial score (nSPS) is 18.2. The summed E-state index contributed by atoms with van der Waals surface area (Å²) in [5, 5.41) is 3.63. The molecule has 4 nitrogen and oxygen atoms in total. The van der Waals surface area contributed by atoms with Crippen molar-refractivity contribution >= 4 is 11.8 Å². The molecule has 27 heavy (non-hydrogen) atoms. The molecule has 4 rings (SSSR count). The average Bonchev–Trinajstić information content (AvgIpc) is 3.25. The lowest BCUT2D eigenvalue weighted by Crippen LogP contribution is -2.41. The Bertz CT molecular complexity index is 822. The van der Waals surface area contributed by atoms with E-state index in [0.29, 0.717) is 30.6 Å². The molecule has 1 aliphatic carbocycles. The first-order valence-electron chi connectivity index (χ1n) is 9.57. The number of benzene rings is 2. The van der Waals surface area contributed by atoms with Gasteiger partial charge in [0.25, 0.3) is 11.8 Å². The molecule has 0 atom stereocenters. The second-order valence-electron chi connectivity index (χ2n) is 7.38. The van der Waals surface area contributed by atoms with Gasteiger partial charge in [0.15, 0.2) is 0 Å². The molecule has 0 spiro atoms. The first-order chi connectivity index (χ1) is 13.1.